The summed E-state index contributed by atoms with van der Waals surface area (Å²) in [6, 6.07) is 8.15. The highest BCUT2D eigenvalue weighted by molar-refractivity contribution is 5.76. The third-order valence-electron chi connectivity index (χ3n) is 6.81. The molecule has 1 aliphatic heterocycles. The zero-order valence-electron chi connectivity index (χ0n) is 17.2. The van der Waals surface area contributed by atoms with Gasteiger partial charge in [0, 0.05) is 12.5 Å². The maximum Gasteiger partial charge on any atom is 0.311 e. The van der Waals surface area contributed by atoms with Gasteiger partial charge in [-0.05, 0) is 67.8 Å². The molecule has 1 N–H and O–H groups in total. The number of carbonyl (C=O) groups is 1. The van der Waals surface area contributed by atoms with E-state index in [1.807, 2.05) is 12.1 Å². The molecular formula is C24H31NO3. The highest BCUT2D eigenvalue weighted by atomic mass is 16.6. The van der Waals surface area contributed by atoms with E-state index in [0.29, 0.717) is 6.54 Å². The first-order valence-electron chi connectivity index (χ1n) is 10.4. The van der Waals surface area contributed by atoms with Gasteiger partial charge in [0.25, 0.3) is 0 Å². The minimum atomic E-state index is -0.0763. The molecule has 0 aromatic heterocycles. The average Bonchev–Trinajstić information content (AvgIpc) is 2.98. The molecule has 1 heterocycles. The lowest BCUT2D eigenvalue weighted by Gasteiger charge is -2.42. The van der Waals surface area contributed by atoms with Crippen molar-refractivity contribution in [2.45, 2.75) is 45.6 Å². The molecule has 0 amide bonds. The molecule has 1 aromatic carbocycles. The van der Waals surface area contributed by atoms with Gasteiger partial charge >= 0.3 is 5.97 Å². The third kappa shape index (κ3) is 3.62. The van der Waals surface area contributed by atoms with Crippen molar-refractivity contribution >= 4 is 5.97 Å². The molecule has 0 bridgehead atoms. The normalized spacial score (nSPS) is 31.4. The van der Waals surface area contributed by atoms with Crippen LogP contribution in [0.2, 0.25) is 0 Å². The van der Waals surface area contributed by atoms with E-state index in [2.05, 4.69) is 43.4 Å². The molecule has 2 aliphatic carbocycles. The molecule has 4 unspecified atom stereocenters. The topological polar surface area (TPSA) is 47.6 Å². The number of carbonyl (C=O) groups excluding carboxylic acids is 1. The summed E-state index contributed by atoms with van der Waals surface area (Å²) in [5.74, 6) is 0.965. The standard InChI is InChI=1S/C24H31NO3/c1-16-5-4-11-24(2)14-22-19(13-21(16)24)20(23(26)28-22)15-25-12-10-17-6-8-18(27-3)9-7-17/h5-9,13,19-20,22,25H,4,10-12,14-15H2,1-3H3. The number of nitrogens with one attached hydrogen (secondary N) is 1. The number of ether oxygens (including phenoxy) is 2. The Morgan fingerprint density at radius 3 is 2.82 bits per heavy atom. The lowest BCUT2D eigenvalue weighted by atomic mass is 9.62. The van der Waals surface area contributed by atoms with Crippen molar-refractivity contribution in [1.82, 2.24) is 5.32 Å². The number of hydrogen-bond acceptors (Lipinski definition) is 4. The average molecular weight is 382 g/mol. The number of benzene rings is 1. The van der Waals surface area contributed by atoms with Crippen molar-refractivity contribution in [1.29, 1.82) is 0 Å². The number of hydrogen-bond donors (Lipinski definition) is 1. The van der Waals surface area contributed by atoms with Crippen LogP contribution in [0.4, 0.5) is 0 Å². The summed E-state index contributed by atoms with van der Waals surface area (Å²) in [6.07, 6.45) is 8.92. The number of allylic oxidation sites excluding steroid dienone is 3. The molecule has 1 aromatic rings. The Balaban J connectivity index is 1.37. The van der Waals surface area contributed by atoms with Crippen molar-refractivity contribution in [3.63, 3.8) is 0 Å². The highest BCUT2D eigenvalue weighted by Crippen LogP contribution is 2.52. The van der Waals surface area contributed by atoms with Crippen molar-refractivity contribution < 1.29 is 14.3 Å². The predicted octanol–water partition coefficient (Wildman–Crippen LogP) is 4.06. The summed E-state index contributed by atoms with van der Waals surface area (Å²) in [4.78, 5) is 12.5. The fourth-order valence-electron chi connectivity index (χ4n) is 5.14. The molecule has 0 radical (unpaired) electrons. The molecule has 3 aliphatic rings. The molecular weight excluding hydrogens is 350 g/mol. The predicted molar refractivity (Wildman–Crippen MR) is 110 cm³/mol. The Bertz CT molecular complexity index is 795. The minimum absolute atomic E-state index is 0.0346. The third-order valence-corrected chi connectivity index (χ3v) is 6.81. The summed E-state index contributed by atoms with van der Waals surface area (Å²) in [6.45, 7) is 6.07. The quantitative estimate of drug-likeness (QED) is 0.596. The minimum Gasteiger partial charge on any atom is -0.497 e. The highest BCUT2D eigenvalue weighted by Gasteiger charge is 2.50. The van der Waals surface area contributed by atoms with Gasteiger partial charge in [-0.2, -0.15) is 0 Å². The fraction of sp³-hybridized carbons (Fsp3) is 0.542. The second-order valence-corrected chi connectivity index (χ2v) is 8.73. The fourth-order valence-corrected chi connectivity index (χ4v) is 5.14. The van der Waals surface area contributed by atoms with Crippen LogP contribution in [0.15, 0.2) is 47.6 Å². The molecule has 1 fully saturated rings. The molecule has 4 heteroatoms. The van der Waals surface area contributed by atoms with Crippen LogP contribution in [-0.2, 0) is 16.0 Å². The Labute approximate surface area is 168 Å². The van der Waals surface area contributed by atoms with E-state index in [0.717, 1.165) is 38.0 Å². The lowest BCUT2D eigenvalue weighted by Crippen LogP contribution is -2.38. The maximum absolute atomic E-state index is 12.5. The van der Waals surface area contributed by atoms with Crippen LogP contribution in [0, 0.1) is 17.3 Å². The van der Waals surface area contributed by atoms with Crippen LogP contribution in [0.25, 0.3) is 0 Å². The number of methoxy groups -OCH3 is 1. The molecule has 4 atom stereocenters. The van der Waals surface area contributed by atoms with Crippen LogP contribution < -0.4 is 10.1 Å². The summed E-state index contributed by atoms with van der Waals surface area (Å²) in [5.41, 5.74) is 4.26. The van der Waals surface area contributed by atoms with E-state index in [1.165, 1.54) is 16.7 Å². The van der Waals surface area contributed by atoms with E-state index in [-0.39, 0.29) is 29.3 Å². The Morgan fingerprint density at radius 1 is 1.29 bits per heavy atom. The second kappa shape index (κ2) is 7.75. The van der Waals surface area contributed by atoms with Gasteiger partial charge in [-0.15, -0.1) is 0 Å². The van der Waals surface area contributed by atoms with Crippen LogP contribution in [0.5, 0.6) is 5.75 Å². The monoisotopic (exact) mass is 381 g/mol. The van der Waals surface area contributed by atoms with Gasteiger partial charge in [0.15, 0.2) is 0 Å². The van der Waals surface area contributed by atoms with E-state index in [4.69, 9.17) is 9.47 Å². The maximum atomic E-state index is 12.5. The largest absolute Gasteiger partial charge is 0.497 e. The summed E-state index contributed by atoms with van der Waals surface area (Å²) >= 11 is 0. The molecule has 0 spiro atoms. The summed E-state index contributed by atoms with van der Waals surface area (Å²) in [5, 5.41) is 3.48. The van der Waals surface area contributed by atoms with Crippen molar-refractivity contribution in [2.75, 3.05) is 20.2 Å². The summed E-state index contributed by atoms with van der Waals surface area (Å²) in [7, 11) is 1.68. The van der Waals surface area contributed by atoms with Crippen LogP contribution in [0.1, 0.15) is 38.7 Å². The number of rotatable bonds is 6. The number of esters is 1. The number of fused-ring (bicyclic) bond motifs is 2. The SMILES string of the molecule is COc1ccc(CCNCC2C(=O)OC3CC4(C)CCC=C(C)C4=CC32)cc1. The van der Waals surface area contributed by atoms with Crippen molar-refractivity contribution in [3.05, 3.63) is 53.1 Å². The molecule has 4 nitrogen and oxygen atoms in total. The second-order valence-electron chi connectivity index (χ2n) is 8.73. The van der Waals surface area contributed by atoms with E-state index in [1.54, 1.807) is 7.11 Å². The first kappa shape index (κ1) is 19.3. The van der Waals surface area contributed by atoms with Crippen LogP contribution in [-0.4, -0.2) is 32.3 Å². The molecule has 4 rings (SSSR count). The lowest BCUT2D eigenvalue weighted by molar-refractivity contribution is -0.145. The molecule has 150 valence electrons. The van der Waals surface area contributed by atoms with Gasteiger partial charge in [0.05, 0.1) is 13.0 Å². The molecule has 0 saturated carbocycles. The van der Waals surface area contributed by atoms with Gasteiger partial charge in [-0.1, -0.05) is 36.8 Å². The van der Waals surface area contributed by atoms with Crippen LogP contribution >= 0.6 is 0 Å². The van der Waals surface area contributed by atoms with Gasteiger partial charge in [-0.25, -0.2) is 0 Å². The van der Waals surface area contributed by atoms with Gasteiger partial charge in [0.1, 0.15) is 11.9 Å². The zero-order chi connectivity index (χ0) is 19.7. The van der Waals surface area contributed by atoms with E-state index < -0.39 is 0 Å². The van der Waals surface area contributed by atoms with E-state index >= 15 is 0 Å². The smallest absolute Gasteiger partial charge is 0.311 e. The Kier molecular flexibility index (Phi) is 5.33. The molecule has 28 heavy (non-hydrogen) atoms. The van der Waals surface area contributed by atoms with Crippen molar-refractivity contribution in [3.8, 4) is 5.75 Å². The van der Waals surface area contributed by atoms with Crippen LogP contribution in [0.3, 0.4) is 0 Å². The zero-order valence-corrected chi connectivity index (χ0v) is 17.2. The molecule has 1 saturated heterocycles. The first-order valence-corrected chi connectivity index (χ1v) is 10.4. The summed E-state index contributed by atoms with van der Waals surface area (Å²) < 4.78 is 11.0. The Hall–Kier alpha value is -2.07. The van der Waals surface area contributed by atoms with E-state index in [9.17, 15) is 4.79 Å². The Morgan fingerprint density at radius 2 is 2.07 bits per heavy atom. The first-order chi connectivity index (χ1) is 13.5. The van der Waals surface area contributed by atoms with Gasteiger partial charge < -0.3 is 14.8 Å². The van der Waals surface area contributed by atoms with Gasteiger partial charge in [-0.3, -0.25) is 4.79 Å². The van der Waals surface area contributed by atoms with Crippen molar-refractivity contribution in [2.24, 2.45) is 17.3 Å². The van der Waals surface area contributed by atoms with Gasteiger partial charge in [0.2, 0.25) is 0 Å².